The van der Waals surface area contributed by atoms with E-state index in [4.69, 9.17) is 5.26 Å². The second kappa shape index (κ2) is 8.36. The van der Waals surface area contributed by atoms with Crippen LogP contribution in [0.15, 0.2) is 24.3 Å². The summed E-state index contributed by atoms with van der Waals surface area (Å²) in [5, 5.41) is 10.0. The van der Waals surface area contributed by atoms with Crippen molar-refractivity contribution < 1.29 is 0 Å². The lowest BCUT2D eigenvalue weighted by Crippen LogP contribution is -2.41. The molecular weight excluding hydrogens is 368 g/mol. The Balaban J connectivity index is 1.27. The molecular formula is C21H28N6S. The van der Waals surface area contributed by atoms with E-state index < -0.39 is 0 Å². The Morgan fingerprint density at radius 1 is 0.964 bits per heavy atom. The summed E-state index contributed by atoms with van der Waals surface area (Å²) < 4.78 is 4.44. The SMILES string of the molecule is CN(C)c1nsc(N2CCC(C3CCN(c4ccc(C#N)cc4)CC3)CC2)n1. The number of nitriles is 1. The van der Waals surface area contributed by atoms with Gasteiger partial charge in [-0.15, -0.1) is 0 Å². The monoisotopic (exact) mass is 396 g/mol. The lowest BCUT2D eigenvalue weighted by atomic mass is 9.79. The number of hydrogen-bond acceptors (Lipinski definition) is 7. The molecule has 7 heteroatoms. The van der Waals surface area contributed by atoms with Crippen molar-refractivity contribution >= 4 is 28.3 Å². The fraction of sp³-hybridized carbons (Fsp3) is 0.571. The molecule has 2 aliphatic rings. The standard InChI is InChI=1S/C21H28N6S/c1-25(2)20-23-21(28-24-20)27-13-9-18(10-14-27)17-7-11-26(12-8-17)19-5-3-16(15-22)4-6-19/h3-6,17-18H,7-14H2,1-2H3. The van der Waals surface area contributed by atoms with E-state index in [-0.39, 0.29) is 0 Å². The van der Waals surface area contributed by atoms with Crippen LogP contribution in [0, 0.1) is 23.2 Å². The van der Waals surface area contributed by atoms with Crippen molar-refractivity contribution in [3.63, 3.8) is 0 Å². The summed E-state index contributed by atoms with van der Waals surface area (Å²) in [6, 6.07) is 10.2. The van der Waals surface area contributed by atoms with Crippen LogP contribution in [0.4, 0.5) is 16.8 Å². The third-order valence-corrected chi connectivity index (χ3v) is 6.95. The minimum Gasteiger partial charge on any atom is -0.372 e. The molecule has 2 fully saturated rings. The average Bonchev–Trinajstić information content (AvgIpc) is 3.25. The van der Waals surface area contributed by atoms with Crippen LogP contribution in [0.3, 0.4) is 0 Å². The van der Waals surface area contributed by atoms with Gasteiger partial charge < -0.3 is 14.7 Å². The molecule has 2 aliphatic heterocycles. The minimum atomic E-state index is 0.735. The Bertz CT molecular complexity index is 808. The van der Waals surface area contributed by atoms with E-state index in [2.05, 4.69) is 37.4 Å². The number of nitrogens with zero attached hydrogens (tertiary/aromatic N) is 6. The zero-order valence-corrected chi connectivity index (χ0v) is 17.5. The molecule has 4 rings (SSSR count). The molecule has 28 heavy (non-hydrogen) atoms. The number of aromatic nitrogens is 2. The van der Waals surface area contributed by atoms with Gasteiger partial charge in [0.25, 0.3) is 0 Å². The first-order valence-corrected chi connectivity index (χ1v) is 10.9. The Kier molecular flexibility index (Phi) is 5.67. The van der Waals surface area contributed by atoms with Gasteiger partial charge in [-0.2, -0.15) is 14.6 Å². The van der Waals surface area contributed by atoms with Gasteiger partial charge in [0.05, 0.1) is 11.6 Å². The van der Waals surface area contributed by atoms with Crippen LogP contribution in [0.1, 0.15) is 31.2 Å². The molecule has 0 saturated carbocycles. The Hall–Kier alpha value is -2.33. The molecule has 0 amide bonds. The van der Waals surface area contributed by atoms with E-state index in [0.29, 0.717) is 0 Å². The summed E-state index contributed by atoms with van der Waals surface area (Å²) in [7, 11) is 3.98. The molecule has 0 spiro atoms. The van der Waals surface area contributed by atoms with Crippen molar-refractivity contribution in [3.8, 4) is 6.07 Å². The van der Waals surface area contributed by atoms with Crippen molar-refractivity contribution in [1.29, 1.82) is 5.26 Å². The van der Waals surface area contributed by atoms with E-state index >= 15 is 0 Å². The average molecular weight is 397 g/mol. The summed E-state index contributed by atoms with van der Waals surface area (Å²) in [6.45, 7) is 4.45. The third-order valence-electron chi connectivity index (χ3n) is 6.18. The maximum atomic E-state index is 8.96. The highest BCUT2D eigenvalue weighted by molar-refractivity contribution is 7.09. The maximum absolute atomic E-state index is 8.96. The summed E-state index contributed by atoms with van der Waals surface area (Å²) in [5.74, 6) is 2.49. The quantitative estimate of drug-likeness (QED) is 0.787. The van der Waals surface area contributed by atoms with Crippen LogP contribution in [0.2, 0.25) is 0 Å². The summed E-state index contributed by atoms with van der Waals surface area (Å²) in [6.07, 6.45) is 5.07. The van der Waals surface area contributed by atoms with Gasteiger partial charge in [-0.3, -0.25) is 0 Å². The molecule has 2 aromatic rings. The van der Waals surface area contributed by atoms with E-state index in [0.717, 1.165) is 54.7 Å². The van der Waals surface area contributed by atoms with Crippen molar-refractivity contribution in [1.82, 2.24) is 9.36 Å². The molecule has 0 N–H and O–H groups in total. The van der Waals surface area contributed by atoms with Crippen molar-refractivity contribution in [3.05, 3.63) is 29.8 Å². The molecule has 0 aliphatic carbocycles. The van der Waals surface area contributed by atoms with Gasteiger partial charge in [-0.1, -0.05) is 0 Å². The molecule has 1 aromatic heterocycles. The zero-order valence-electron chi connectivity index (χ0n) is 16.7. The van der Waals surface area contributed by atoms with Crippen LogP contribution in [-0.4, -0.2) is 49.6 Å². The molecule has 6 nitrogen and oxygen atoms in total. The molecule has 0 radical (unpaired) electrons. The van der Waals surface area contributed by atoms with Crippen LogP contribution in [0.5, 0.6) is 0 Å². The van der Waals surface area contributed by atoms with E-state index in [1.165, 1.54) is 42.9 Å². The predicted octanol–water partition coefficient (Wildman–Crippen LogP) is 3.61. The normalized spacial score (nSPS) is 18.9. The summed E-state index contributed by atoms with van der Waals surface area (Å²) in [4.78, 5) is 11.5. The first kappa shape index (κ1) is 19.0. The number of rotatable bonds is 4. The Labute approximate surface area is 171 Å². The maximum Gasteiger partial charge on any atom is 0.238 e. The number of benzene rings is 1. The fourth-order valence-corrected chi connectivity index (χ4v) is 5.24. The summed E-state index contributed by atoms with van der Waals surface area (Å²) >= 11 is 1.52. The molecule has 0 atom stereocenters. The van der Waals surface area contributed by atoms with Gasteiger partial charge in [0.15, 0.2) is 0 Å². The van der Waals surface area contributed by atoms with Gasteiger partial charge >= 0.3 is 0 Å². The fourth-order valence-electron chi connectivity index (χ4n) is 4.46. The molecule has 1 aromatic carbocycles. The molecule has 3 heterocycles. The zero-order chi connectivity index (χ0) is 19.5. The number of anilines is 3. The van der Waals surface area contributed by atoms with E-state index in [1.54, 1.807) is 0 Å². The van der Waals surface area contributed by atoms with Gasteiger partial charge in [0.2, 0.25) is 11.1 Å². The second-order valence-electron chi connectivity index (χ2n) is 8.08. The highest BCUT2D eigenvalue weighted by atomic mass is 32.1. The van der Waals surface area contributed by atoms with Gasteiger partial charge in [-0.25, -0.2) is 0 Å². The van der Waals surface area contributed by atoms with Crippen LogP contribution < -0.4 is 14.7 Å². The van der Waals surface area contributed by atoms with Crippen molar-refractivity contribution in [2.75, 3.05) is 55.0 Å². The largest absolute Gasteiger partial charge is 0.372 e. The topological polar surface area (TPSA) is 59.3 Å². The Morgan fingerprint density at radius 3 is 2.04 bits per heavy atom. The van der Waals surface area contributed by atoms with Gasteiger partial charge in [0, 0.05) is 57.5 Å². The molecule has 148 valence electrons. The highest BCUT2D eigenvalue weighted by Crippen LogP contribution is 2.35. The van der Waals surface area contributed by atoms with Crippen LogP contribution in [0.25, 0.3) is 0 Å². The lowest BCUT2D eigenvalue weighted by Gasteiger charge is -2.40. The van der Waals surface area contributed by atoms with E-state index in [1.807, 2.05) is 31.1 Å². The molecule has 2 saturated heterocycles. The van der Waals surface area contributed by atoms with Crippen LogP contribution >= 0.6 is 11.5 Å². The smallest absolute Gasteiger partial charge is 0.238 e. The predicted molar refractivity (Wildman–Crippen MR) is 115 cm³/mol. The van der Waals surface area contributed by atoms with E-state index in [9.17, 15) is 0 Å². The summed E-state index contributed by atoms with van der Waals surface area (Å²) in [5.41, 5.74) is 1.98. The number of hydrogen-bond donors (Lipinski definition) is 0. The first-order valence-electron chi connectivity index (χ1n) is 10.1. The van der Waals surface area contributed by atoms with Crippen molar-refractivity contribution in [2.24, 2.45) is 11.8 Å². The van der Waals surface area contributed by atoms with Gasteiger partial charge in [0.1, 0.15) is 0 Å². The van der Waals surface area contributed by atoms with Gasteiger partial charge in [-0.05, 0) is 61.8 Å². The third kappa shape index (κ3) is 4.07. The molecule has 0 unspecified atom stereocenters. The minimum absolute atomic E-state index is 0.735. The van der Waals surface area contributed by atoms with Crippen molar-refractivity contribution in [2.45, 2.75) is 25.7 Å². The number of piperidine rings is 2. The first-order chi connectivity index (χ1) is 13.6. The molecule has 0 bridgehead atoms. The lowest BCUT2D eigenvalue weighted by molar-refractivity contribution is 0.233. The highest BCUT2D eigenvalue weighted by Gasteiger charge is 2.30. The second-order valence-corrected chi connectivity index (χ2v) is 8.81. The van der Waals surface area contributed by atoms with Crippen LogP contribution in [-0.2, 0) is 0 Å². The Morgan fingerprint density at radius 2 is 1.54 bits per heavy atom.